The Morgan fingerprint density at radius 1 is 1.30 bits per heavy atom. The van der Waals surface area contributed by atoms with Gasteiger partial charge in [0.05, 0.1) is 6.54 Å². The van der Waals surface area contributed by atoms with Gasteiger partial charge in [0.15, 0.2) is 0 Å². The molecule has 0 spiro atoms. The van der Waals surface area contributed by atoms with Crippen LogP contribution in [-0.2, 0) is 13.6 Å². The van der Waals surface area contributed by atoms with Crippen molar-refractivity contribution in [1.82, 2.24) is 19.7 Å². The van der Waals surface area contributed by atoms with Gasteiger partial charge < -0.3 is 14.3 Å². The summed E-state index contributed by atoms with van der Waals surface area (Å²) in [6.45, 7) is 2.63. The van der Waals surface area contributed by atoms with Crippen LogP contribution in [0.3, 0.4) is 0 Å². The summed E-state index contributed by atoms with van der Waals surface area (Å²) >= 11 is 0. The van der Waals surface area contributed by atoms with Crippen LogP contribution in [0, 0.1) is 6.92 Å². The van der Waals surface area contributed by atoms with Crippen molar-refractivity contribution in [3.63, 3.8) is 0 Å². The van der Waals surface area contributed by atoms with E-state index in [1.807, 2.05) is 24.7 Å². The smallest absolute Gasteiger partial charge is 0.315 e. The van der Waals surface area contributed by atoms with E-state index in [4.69, 9.17) is 4.42 Å². The zero-order valence-electron chi connectivity index (χ0n) is 12.1. The molecule has 2 heterocycles. The summed E-state index contributed by atoms with van der Waals surface area (Å²) in [5.74, 6) is 2.19. The lowest BCUT2D eigenvalue weighted by molar-refractivity contribution is 0.367. The average Bonchev–Trinajstić information content (AvgIpc) is 3.07. The minimum absolute atomic E-state index is 0.446. The molecule has 108 valence electrons. The molecular weight excluding hydrogens is 254 g/mol. The van der Waals surface area contributed by atoms with Crippen LogP contribution < -0.4 is 5.32 Å². The minimum atomic E-state index is 0.446. The predicted octanol–water partition coefficient (Wildman–Crippen LogP) is 2.77. The number of aryl methyl sites for hydroxylation is 1. The number of rotatable bonds is 4. The van der Waals surface area contributed by atoms with Crippen LogP contribution >= 0.6 is 0 Å². The predicted molar refractivity (Wildman–Crippen MR) is 75.4 cm³/mol. The Labute approximate surface area is 118 Å². The van der Waals surface area contributed by atoms with Gasteiger partial charge in [-0.3, -0.25) is 0 Å². The summed E-state index contributed by atoms with van der Waals surface area (Å²) in [6, 6.07) is 0.492. The summed E-state index contributed by atoms with van der Waals surface area (Å²) in [4.78, 5) is 4.34. The summed E-state index contributed by atoms with van der Waals surface area (Å²) in [7, 11) is 2.00. The maximum absolute atomic E-state index is 5.72. The van der Waals surface area contributed by atoms with Crippen molar-refractivity contribution in [2.24, 2.45) is 7.05 Å². The van der Waals surface area contributed by atoms with Crippen molar-refractivity contribution < 1.29 is 4.42 Å². The van der Waals surface area contributed by atoms with Gasteiger partial charge in [-0.15, -0.1) is 5.10 Å². The topological polar surface area (TPSA) is 68.8 Å². The Bertz CT molecular complexity index is 568. The molecule has 1 N–H and O–H groups in total. The van der Waals surface area contributed by atoms with Gasteiger partial charge >= 0.3 is 6.01 Å². The quantitative estimate of drug-likeness (QED) is 0.929. The van der Waals surface area contributed by atoms with Gasteiger partial charge in [0.25, 0.3) is 0 Å². The van der Waals surface area contributed by atoms with Gasteiger partial charge in [0.2, 0.25) is 5.89 Å². The number of nitrogens with one attached hydrogen (secondary N) is 1. The fourth-order valence-electron chi connectivity index (χ4n) is 2.68. The number of aromatic nitrogens is 4. The van der Waals surface area contributed by atoms with E-state index < -0.39 is 0 Å². The molecule has 0 atom stereocenters. The fourth-order valence-corrected chi connectivity index (χ4v) is 2.68. The van der Waals surface area contributed by atoms with E-state index in [1.165, 1.54) is 32.1 Å². The van der Waals surface area contributed by atoms with Crippen LogP contribution in [0.5, 0.6) is 0 Å². The lowest BCUT2D eigenvalue weighted by atomic mass is 9.89. The van der Waals surface area contributed by atoms with E-state index in [-0.39, 0.29) is 0 Å². The Morgan fingerprint density at radius 2 is 2.10 bits per heavy atom. The number of hydrogen-bond acceptors (Lipinski definition) is 5. The van der Waals surface area contributed by atoms with Crippen molar-refractivity contribution in [2.45, 2.75) is 51.5 Å². The van der Waals surface area contributed by atoms with Crippen molar-refractivity contribution in [3.05, 3.63) is 23.6 Å². The first-order chi connectivity index (χ1) is 9.74. The molecule has 0 saturated heterocycles. The van der Waals surface area contributed by atoms with Crippen molar-refractivity contribution in [1.29, 1.82) is 0 Å². The fraction of sp³-hybridized carbons (Fsp3) is 0.643. The summed E-state index contributed by atoms with van der Waals surface area (Å²) in [5, 5.41) is 11.4. The van der Waals surface area contributed by atoms with E-state index in [2.05, 4.69) is 20.5 Å². The Balaban J connectivity index is 1.61. The number of nitrogens with zero attached hydrogens (tertiary/aromatic N) is 4. The van der Waals surface area contributed by atoms with Gasteiger partial charge in [-0.2, -0.15) is 0 Å². The van der Waals surface area contributed by atoms with Gasteiger partial charge in [-0.05, 0) is 19.8 Å². The molecule has 0 amide bonds. The molecule has 2 aromatic heterocycles. The Hall–Kier alpha value is -1.85. The molecule has 1 aliphatic carbocycles. The van der Waals surface area contributed by atoms with Crippen LogP contribution in [0.1, 0.15) is 55.4 Å². The second kappa shape index (κ2) is 5.64. The molecule has 1 aliphatic rings. The first-order valence-corrected chi connectivity index (χ1v) is 7.28. The SMILES string of the molecule is Cc1cnc(CNc2nnc(C3CCCCC3)o2)n1C. The molecule has 0 aromatic carbocycles. The average molecular weight is 275 g/mol. The summed E-state index contributed by atoms with van der Waals surface area (Å²) < 4.78 is 7.77. The highest BCUT2D eigenvalue weighted by atomic mass is 16.4. The second-order valence-electron chi connectivity index (χ2n) is 5.51. The molecule has 6 nitrogen and oxygen atoms in total. The van der Waals surface area contributed by atoms with Crippen molar-refractivity contribution in [2.75, 3.05) is 5.32 Å². The van der Waals surface area contributed by atoms with E-state index in [1.54, 1.807) is 0 Å². The monoisotopic (exact) mass is 275 g/mol. The van der Waals surface area contributed by atoms with Gasteiger partial charge in [-0.25, -0.2) is 4.98 Å². The van der Waals surface area contributed by atoms with Crippen LogP contribution in [-0.4, -0.2) is 19.7 Å². The number of anilines is 1. The van der Waals surface area contributed by atoms with Crippen LogP contribution in [0.4, 0.5) is 6.01 Å². The third-order valence-electron chi connectivity index (χ3n) is 4.11. The van der Waals surface area contributed by atoms with E-state index in [0.717, 1.165) is 17.4 Å². The standard InChI is InChI=1S/C14H21N5O/c1-10-8-15-12(19(10)2)9-16-14-18-17-13(20-14)11-6-4-3-5-7-11/h8,11H,3-7,9H2,1-2H3,(H,16,18). The van der Waals surface area contributed by atoms with E-state index in [0.29, 0.717) is 18.5 Å². The Morgan fingerprint density at radius 3 is 2.80 bits per heavy atom. The number of hydrogen-bond donors (Lipinski definition) is 1. The highest BCUT2D eigenvalue weighted by molar-refractivity contribution is 5.19. The molecule has 1 fully saturated rings. The van der Waals surface area contributed by atoms with E-state index in [9.17, 15) is 0 Å². The zero-order valence-corrected chi connectivity index (χ0v) is 12.1. The molecule has 2 aromatic rings. The third-order valence-corrected chi connectivity index (χ3v) is 4.11. The minimum Gasteiger partial charge on any atom is -0.408 e. The highest BCUT2D eigenvalue weighted by Gasteiger charge is 2.21. The van der Waals surface area contributed by atoms with Crippen LogP contribution in [0.2, 0.25) is 0 Å². The molecule has 3 rings (SSSR count). The van der Waals surface area contributed by atoms with Crippen molar-refractivity contribution >= 4 is 6.01 Å². The number of imidazole rings is 1. The first kappa shape index (κ1) is 13.1. The van der Waals surface area contributed by atoms with Crippen molar-refractivity contribution in [3.8, 4) is 0 Å². The summed E-state index contributed by atoms with van der Waals surface area (Å²) in [5.41, 5.74) is 1.13. The molecular formula is C14H21N5O. The molecule has 0 radical (unpaired) electrons. The Kier molecular flexibility index (Phi) is 3.71. The van der Waals surface area contributed by atoms with Crippen LogP contribution in [0.15, 0.2) is 10.6 Å². The van der Waals surface area contributed by atoms with E-state index >= 15 is 0 Å². The molecule has 1 saturated carbocycles. The molecule has 0 bridgehead atoms. The lowest BCUT2D eigenvalue weighted by Crippen LogP contribution is -2.07. The van der Waals surface area contributed by atoms with Gasteiger partial charge in [0, 0.05) is 24.9 Å². The maximum Gasteiger partial charge on any atom is 0.315 e. The summed E-state index contributed by atoms with van der Waals surface area (Å²) in [6.07, 6.45) is 8.05. The molecule has 0 unspecified atom stereocenters. The maximum atomic E-state index is 5.72. The van der Waals surface area contributed by atoms with Crippen LogP contribution in [0.25, 0.3) is 0 Å². The first-order valence-electron chi connectivity index (χ1n) is 7.28. The third kappa shape index (κ3) is 2.69. The zero-order chi connectivity index (χ0) is 13.9. The molecule has 6 heteroatoms. The second-order valence-corrected chi connectivity index (χ2v) is 5.51. The van der Waals surface area contributed by atoms with Gasteiger partial charge in [-0.1, -0.05) is 24.4 Å². The molecule has 0 aliphatic heterocycles. The highest BCUT2D eigenvalue weighted by Crippen LogP contribution is 2.32. The normalized spacial score (nSPS) is 16.5. The molecule has 20 heavy (non-hydrogen) atoms. The largest absolute Gasteiger partial charge is 0.408 e. The van der Waals surface area contributed by atoms with Gasteiger partial charge in [0.1, 0.15) is 5.82 Å². The lowest BCUT2D eigenvalue weighted by Gasteiger charge is -2.17.